The maximum atomic E-state index is 11.9. The van der Waals surface area contributed by atoms with Gasteiger partial charge in [0, 0.05) is 31.9 Å². The zero-order valence-electron chi connectivity index (χ0n) is 14.1. The average molecular weight is 342 g/mol. The highest BCUT2D eigenvalue weighted by molar-refractivity contribution is 5.99. The maximum absolute atomic E-state index is 11.9. The molecular weight excluding hydrogens is 320 g/mol. The molecule has 2 aliphatic rings. The second-order valence-electron chi connectivity index (χ2n) is 6.98. The van der Waals surface area contributed by atoms with Crippen molar-refractivity contribution in [1.29, 1.82) is 0 Å². The van der Waals surface area contributed by atoms with Crippen molar-refractivity contribution in [2.24, 2.45) is 5.41 Å². The number of aromatic carboxylic acids is 1. The maximum Gasteiger partial charge on any atom is 0.343 e. The summed E-state index contributed by atoms with van der Waals surface area (Å²) in [5.74, 6) is -0.218. The van der Waals surface area contributed by atoms with Crippen LogP contribution < -0.4 is 4.90 Å². The molecule has 25 heavy (non-hydrogen) atoms. The van der Waals surface area contributed by atoms with Gasteiger partial charge >= 0.3 is 5.97 Å². The van der Waals surface area contributed by atoms with Crippen molar-refractivity contribution in [2.75, 3.05) is 31.2 Å². The van der Waals surface area contributed by atoms with Gasteiger partial charge in [-0.1, -0.05) is 35.5 Å². The first-order chi connectivity index (χ1) is 12.2. The molecule has 132 valence electrons. The molecule has 2 saturated heterocycles. The Labute approximate surface area is 146 Å². The first kappa shape index (κ1) is 16.1. The Kier molecular flexibility index (Phi) is 4.21. The van der Waals surface area contributed by atoms with Crippen LogP contribution in [0.5, 0.6) is 0 Å². The van der Waals surface area contributed by atoms with Gasteiger partial charge in [-0.2, -0.15) is 0 Å². The zero-order chi connectivity index (χ0) is 17.3. The Hall–Kier alpha value is -2.34. The Morgan fingerprint density at radius 2 is 1.76 bits per heavy atom. The lowest BCUT2D eigenvalue weighted by Gasteiger charge is -2.44. The molecule has 1 aromatic heterocycles. The first-order valence-electron chi connectivity index (χ1n) is 8.80. The number of hydrogen-bond donors (Lipinski definition) is 1. The number of ether oxygens (including phenoxy) is 1. The van der Waals surface area contributed by atoms with Crippen molar-refractivity contribution in [1.82, 2.24) is 5.16 Å². The van der Waals surface area contributed by atoms with Crippen molar-refractivity contribution in [3.8, 4) is 11.3 Å². The van der Waals surface area contributed by atoms with E-state index in [2.05, 4.69) is 10.1 Å². The monoisotopic (exact) mass is 342 g/mol. The van der Waals surface area contributed by atoms with Gasteiger partial charge in [-0.3, -0.25) is 0 Å². The Bertz CT molecular complexity index is 740. The van der Waals surface area contributed by atoms with Gasteiger partial charge in [0.15, 0.2) is 17.1 Å². The van der Waals surface area contributed by atoms with Gasteiger partial charge in [0.25, 0.3) is 0 Å². The van der Waals surface area contributed by atoms with Crippen LogP contribution in [0.2, 0.25) is 0 Å². The molecule has 1 N–H and O–H groups in total. The summed E-state index contributed by atoms with van der Waals surface area (Å²) in [4.78, 5) is 13.9. The van der Waals surface area contributed by atoms with E-state index in [0.29, 0.717) is 17.0 Å². The second kappa shape index (κ2) is 6.52. The van der Waals surface area contributed by atoms with Crippen LogP contribution >= 0.6 is 0 Å². The average Bonchev–Trinajstić information content (AvgIpc) is 3.09. The third-order valence-corrected chi connectivity index (χ3v) is 5.60. The highest BCUT2D eigenvalue weighted by Crippen LogP contribution is 2.42. The molecule has 0 radical (unpaired) electrons. The topological polar surface area (TPSA) is 75.8 Å². The van der Waals surface area contributed by atoms with E-state index in [0.717, 1.165) is 57.6 Å². The fraction of sp³-hybridized carbons (Fsp3) is 0.474. The Balaban J connectivity index is 1.59. The predicted molar refractivity (Wildman–Crippen MR) is 92.8 cm³/mol. The van der Waals surface area contributed by atoms with Crippen molar-refractivity contribution < 1.29 is 19.2 Å². The predicted octanol–water partition coefficient (Wildman–Crippen LogP) is 3.44. The quantitative estimate of drug-likeness (QED) is 0.921. The summed E-state index contributed by atoms with van der Waals surface area (Å²) >= 11 is 0. The lowest BCUT2D eigenvalue weighted by Crippen LogP contribution is -2.43. The van der Waals surface area contributed by atoms with Gasteiger partial charge in [-0.05, 0) is 31.1 Å². The molecule has 2 fully saturated rings. The molecule has 1 spiro atoms. The van der Waals surface area contributed by atoms with Gasteiger partial charge in [-0.25, -0.2) is 4.79 Å². The lowest BCUT2D eigenvalue weighted by molar-refractivity contribution is 0.00201. The summed E-state index contributed by atoms with van der Waals surface area (Å²) in [6, 6.07) is 9.28. The van der Waals surface area contributed by atoms with Crippen LogP contribution in [0.4, 0.5) is 5.82 Å². The van der Waals surface area contributed by atoms with E-state index >= 15 is 0 Å². The van der Waals surface area contributed by atoms with Crippen LogP contribution in [0.25, 0.3) is 11.3 Å². The number of nitrogens with zero attached hydrogens (tertiary/aromatic N) is 2. The summed E-state index contributed by atoms with van der Waals surface area (Å²) in [6.07, 6.45) is 4.29. The highest BCUT2D eigenvalue weighted by atomic mass is 16.5. The summed E-state index contributed by atoms with van der Waals surface area (Å²) < 4.78 is 10.9. The second-order valence-corrected chi connectivity index (χ2v) is 6.98. The SMILES string of the molecule is O=C(O)c1c(N2CCC3(CCOCC3)CC2)noc1-c1ccccc1. The van der Waals surface area contributed by atoms with E-state index in [9.17, 15) is 9.90 Å². The van der Waals surface area contributed by atoms with Gasteiger partial charge in [0.05, 0.1) is 0 Å². The van der Waals surface area contributed by atoms with Crippen molar-refractivity contribution >= 4 is 11.8 Å². The fourth-order valence-corrected chi connectivity index (χ4v) is 3.97. The van der Waals surface area contributed by atoms with Crippen LogP contribution in [0, 0.1) is 5.41 Å². The smallest absolute Gasteiger partial charge is 0.343 e. The minimum absolute atomic E-state index is 0.161. The number of aromatic nitrogens is 1. The van der Waals surface area contributed by atoms with Crippen LogP contribution in [-0.2, 0) is 4.74 Å². The molecule has 0 bridgehead atoms. The van der Waals surface area contributed by atoms with Crippen molar-refractivity contribution in [2.45, 2.75) is 25.7 Å². The molecule has 0 unspecified atom stereocenters. The zero-order valence-corrected chi connectivity index (χ0v) is 14.1. The largest absolute Gasteiger partial charge is 0.477 e. The molecule has 2 aromatic rings. The summed E-state index contributed by atoms with van der Waals surface area (Å²) in [6.45, 7) is 3.28. The van der Waals surface area contributed by atoms with Crippen molar-refractivity contribution in [3.63, 3.8) is 0 Å². The highest BCUT2D eigenvalue weighted by Gasteiger charge is 2.38. The summed E-state index contributed by atoms with van der Waals surface area (Å²) in [7, 11) is 0. The fourth-order valence-electron chi connectivity index (χ4n) is 3.97. The number of anilines is 1. The van der Waals surface area contributed by atoms with Crippen molar-refractivity contribution in [3.05, 3.63) is 35.9 Å². The number of carboxylic acids is 1. The van der Waals surface area contributed by atoms with E-state index in [1.807, 2.05) is 30.3 Å². The van der Waals surface area contributed by atoms with Gasteiger partial charge in [0.1, 0.15) is 0 Å². The van der Waals surface area contributed by atoms with Crippen LogP contribution in [0.15, 0.2) is 34.9 Å². The van der Waals surface area contributed by atoms with Crippen LogP contribution in [0.3, 0.4) is 0 Å². The molecule has 0 amide bonds. The van der Waals surface area contributed by atoms with E-state index in [1.165, 1.54) is 0 Å². The molecule has 6 nitrogen and oxygen atoms in total. The third-order valence-electron chi connectivity index (χ3n) is 5.60. The van der Waals surface area contributed by atoms with E-state index in [1.54, 1.807) is 0 Å². The lowest BCUT2D eigenvalue weighted by atomic mass is 9.72. The molecule has 0 atom stereocenters. The van der Waals surface area contributed by atoms with Crippen LogP contribution in [-0.4, -0.2) is 42.5 Å². The summed E-state index contributed by atoms with van der Waals surface area (Å²) in [5.41, 5.74) is 1.25. The van der Waals surface area contributed by atoms with E-state index < -0.39 is 5.97 Å². The number of rotatable bonds is 3. The molecule has 0 aliphatic carbocycles. The molecule has 1 aromatic carbocycles. The number of benzene rings is 1. The molecule has 0 saturated carbocycles. The van der Waals surface area contributed by atoms with Crippen LogP contribution in [0.1, 0.15) is 36.0 Å². The third kappa shape index (κ3) is 3.02. The Morgan fingerprint density at radius 3 is 2.40 bits per heavy atom. The molecule has 4 rings (SSSR count). The number of piperidine rings is 1. The van der Waals surface area contributed by atoms with Gasteiger partial charge in [-0.15, -0.1) is 0 Å². The minimum Gasteiger partial charge on any atom is -0.477 e. The number of hydrogen-bond acceptors (Lipinski definition) is 5. The normalized spacial score (nSPS) is 19.9. The minimum atomic E-state index is -0.999. The molecule has 3 heterocycles. The van der Waals surface area contributed by atoms with E-state index in [4.69, 9.17) is 9.26 Å². The van der Waals surface area contributed by atoms with Gasteiger partial charge < -0.3 is 19.3 Å². The van der Waals surface area contributed by atoms with Gasteiger partial charge in [0.2, 0.25) is 0 Å². The Morgan fingerprint density at radius 1 is 1.08 bits per heavy atom. The standard InChI is InChI=1S/C19H22N2O4/c22-18(23)15-16(14-4-2-1-3-5-14)25-20-17(15)21-10-6-19(7-11-21)8-12-24-13-9-19/h1-5H,6-13H2,(H,22,23). The molecule has 2 aliphatic heterocycles. The molecule has 6 heteroatoms. The first-order valence-corrected chi connectivity index (χ1v) is 8.80. The molecular formula is C19H22N2O4. The van der Waals surface area contributed by atoms with E-state index in [-0.39, 0.29) is 5.56 Å². The number of carboxylic acid groups (broad SMARTS) is 1. The number of carbonyl (C=O) groups is 1. The summed E-state index contributed by atoms with van der Waals surface area (Å²) in [5, 5.41) is 13.8.